The summed E-state index contributed by atoms with van der Waals surface area (Å²) in [5.41, 5.74) is 0.0174. The Morgan fingerprint density at radius 2 is 2.28 bits per heavy atom. The van der Waals surface area contributed by atoms with Gasteiger partial charge in [0.1, 0.15) is 5.82 Å². The molecule has 0 spiro atoms. The zero-order valence-electron chi connectivity index (χ0n) is 10.7. The second-order valence-corrected chi connectivity index (χ2v) is 4.76. The maximum absolute atomic E-state index is 10.9. The van der Waals surface area contributed by atoms with E-state index in [4.69, 9.17) is 5.11 Å². The molecule has 1 saturated heterocycles. The van der Waals surface area contributed by atoms with Gasteiger partial charge in [0.05, 0.1) is 12.4 Å². The van der Waals surface area contributed by atoms with Gasteiger partial charge in [0.2, 0.25) is 0 Å². The fourth-order valence-electron chi connectivity index (χ4n) is 2.41. The van der Waals surface area contributed by atoms with E-state index >= 15 is 0 Å². The molecule has 2 rings (SSSR count). The van der Waals surface area contributed by atoms with Crippen LogP contribution in [0, 0.1) is 5.92 Å². The molecule has 1 aliphatic rings. The van der Waals surface area contributed by atoms with Gasteiger partial charge in [-0.05, 0) is 25.2 Å². The number of carbonyl (C=O) groups is 1. The van der Waals surface area contributed by atoms with Gasteiger partial charge in [0.15, 0.2) is 5.69 Å². The number of hydrogen-bond donors (Lipinski definition) is 1. The van der Waals surface area contributed by atoms with Crippen LogP contribution in [0.25, 0.3) is 0 Å². The van der Waals surface area contributed by atoms with E-state index in [1.165, 1.54) is 19.0 Å². The molecule has 0 aliphatic carbocycles. The second-order valence-electron chi connectivity index (χ2n) is 4.76. The lowest BCUT2D eigenvalue weighted by atomic mass is 9.98. The number of aromatic carboxylic acids is 1. The number of hydrogen-bond acceptors (Lipinski definition) is 4. The zero-order chi connectivity index (χ0) is 13.0. The standard InChI is InChI=1S/C13H19N3O2/c1-2-10-4-3-6-16(7-5-10)12-9-14-8-11(15-12)13(17)18/h8-10H,2-7H2,1H3,(H,17,18). The number of rotatable bonds is 3. The predicted molar refractivity (Wildman–Crippen MR) is 68.8 cm³/mol. The zero-order valence-corrected chi connectivity index (χ0v) is 10.7. The highest BCUT2D eigenvalue weighted by molar-refractivity contribution is 5.85. The summed E-state index contributed by atoms with van der Waals surface area (Å²) in [5.74, 6) is 0.447. The molecule has 1 aromatic rings. The van der Waals surface area contributed by atoms with Crippen LogP contribution in [0.15, 0.2) is 12.4 Å². The average molecular weight is 249 g/mol. The predicted octanol–water partition coefficient (Wildman–Crippen LogP) is 2.19. The summed E-state index contributed by atoms with van der Waals surface area (Å²) in [6, 6.07) is 0. The van der Waals surface area contributed by atoms with Crippen LogP contribution in [-0.2, 0) is 0 Å². The quantitative estimate of drug-likeness (QED) is 0.889. The fourth-order valence-corrected chi connectivity index (χ4v) is 2.41. The van der Waals surface area contributed by atoms with E-state index in [9.17, 15) is 4.79 Å². The Kier molecular flexibility index (Phi) is 4.12. The molecule has 0 amide bonds. The molecule has 1 atom stereocenters. The summed E-state index contributed by atoms with van der Waals surface area (Å²) in [6.45, 7) is 4.11. The van der Waals surface area contributed by atoms with Gasteiger partial charge >= 0.3 is 5.97 Å². The van der Waals surface area contributed by atoms with E-state index in [0.717, 1.165) is 31.8 Å². The van der Waals surface area contributed by atoms with Gasteiger partial charge in [-0.15, -0.1) is 0 Å². The summed E-state index contributed by atoms with van der Waals surface area (Å²) in [6.07, 6.45) is 7.69. The van der Waals surface area contributed by atoms with Crippen molar-refractivity contribution in [2.24, 2.45) is 5.92 Å². The molecule has 5 nitrogen and oxygen atoms in total. The Bertz CT molecular complexity index is 422. The molecule has 1 N–H and O–H groups in total. The van der Waals surface area contributed by atoms with Crippen molar-refractivity contribution >= 4 is 11.8 Å². The smallest absolute Gasteiger partial charge is 0.356 e. The molecular weight excluding hydrogens is 230 g/mol. The Morgan fingerprint density at radius 3 is 3.00 bits per heavy atom. The molecule has 0 aromatic carbocycles. The monoisotopic (exact) mass is 249 g/mol. The highest BCUT2D eigenvalue weighted by atomic mass is 16.4. The van der Waals surface area contributed by atoms with Crippen molar-refractivity contribution < 1.29 is 9.90 Å². The molecular formula is C13H19N3O2. The lowest BCUT2D eigenvalue weighted by Crippen LogP contribution is -2.26. The number of aromatic nitrogens is 2. The third-order valence-corrected chi connectivity index (χ3v) is 3.59. The molecule has 18 heavy (non-hydrogen) atoms. The third kappa shape index (κ3) is 2.97. The van der Waals surface area contributed by atoms with Crippen LogP contribution in [0.3, 0.4) is 0 Å². The van der Waals surface area contributed by atoms with Crippen molar-refractivity contribution in [1.29, 1.82) is 0 Å². The molecule has 0 bridgehead atoms. The van der Waals surface area contributed by atoms with Crippen LogP contribution in [0.2, 0.25) is 0 Å². The number of anilines is 1. The summed E-state index contributed by atoms with van der Waals surface area (Å²) >= 11 is 0. The highest BCUT2D eigenvalue weighted by Crippen LogP contribution is 2.23. The Balaban J connectivity index is 2.11. The van der Waals surface area contributed by atoms with E-state index in [1.54, 1.807) is 6.20 Å². The van der Waals surface area contributed by atoms with Crippen LogP contribution in [0.5, 0.6) is 0 Å². The number of nitrogens with zero attached hydrogens (tertiary/aromatic N) is 3. The van der Waals surface area contributed by atoms with Crippen molar-refractivity contribution in [2.45, 2.75) is 32.6 Å². The van der Waals surface area contributed by atoms with E-state index < -0.39 is 5.97 Å². The van der Waals surface area contributed by atoms with Gasteiger partial charge in [-0.2, -0.15) is 0 Å². The number of carboxylic acid groups (broad SMARTS) is 1. The van der Waals surface area contributed by atoms with Gasteiger partial charge < -0.3 is 10.0 Å². The molecule has 0 saturated carbocycles. The second kappa shape index (κ2) is 5.80. The maximum atomic E-state index is 10.9. The average Bonchev–Trinajstić information content (AvgIpc) is 2.64. The molecule has 2 heterocycles. The van der Waals surface area contributed by atoms with Crippen LogP contribution >= 0.6 is 0 Å². The van der Waals surface area contributed by atoms with E-state index in [0.29, 0.717) is 5.82 Å². The first kappa shape index (κ1) is 12.8. The minimum absolute atomic E-state index is 0.0174. The first-order chi connectivity index (χ1) is 8.70. The van der Waals surface area contributed by atoms with Crippen molar-refractivity contribution in [2.75, 3.05) is 18.0 Å². The van der Waals surface area contributed by atoms with Crippen molar-refractivity contribution in [3.63, 3.8) is 0 Å². The summed E-state index contributed by atoms with van der Waals surface area (Å²) in [5, 5.41) is 8.92. The Labute approximate surface area is 107 Å². The first-order valence-corrected chi connectivity index (χ1v) is 6.51. The van der Waals surface area contributed by atoms with Gasteiger partial charge in [-0.3, -0.25) is 4.98 Å². The fraction of sp³-hybridized carbons (Fsp3) is 0.615. The van der Waals surface area contributed by atoms with Crippen molar-refractivity contribution in [1.82, 2.24) is 9.97 Å². The van der Waals surface area contributed by atoms with Crippen molar-refractivity contribution in [3.8, 4) is 0 Å². The van der Waals surface area contributed by atoms with E-state index in [1.807, 2.05) is 0 Å². The van der Waals surface area contributed by atoms with E-state index in [-0.39, 0.29) is 5.69 Å². The van der Waals surface area contributed by atoms with Crippen LogP contribution in [-0.4, -0.2) is 34.1 Å². The Morgan fingerprint density at radius 1 is 1.44 bits per heavy atom. The minimum Gasteiger partial charge on any atom is -0.476 e. The van der Waals surface area contributed by atoms with Crippen molar-refractivity contribution in [3.05, 3.63) is 18.1 Å². The normalized spacial score (nSPS) is 20.5. The SMILES string of the molecule is CCC1CCCN(c2cncc(C(=O)O)n2)CC1. The molecule has 1 aromatic heterocycles. The molecule has 1 unspecified atom stereocenters. The highest BCUT2D eigenvalue weighted by Gasteiger charge is 2.18. The molecule has 5 heteroatoms. The summed E-state index contributed by atoms with van der Waals surface area (Å²) in [4.78, 5) is 21.1. The number of carboxylic acids is 1. The summed E-state index contributed by atoms with van der Waals surface area (Å²) in [7, 11) is 0. The summed E-state index contributed by atoms with van der Waals surface area (Å²) < 4.78 is 0. The topological polar surface area (TPSA) is 66.3 Å². The molecule has 1 fully saturated rings. The van der Waals surface area contributed by atoms with Gasteiger partial charge in [0, 0.05) is 13.1 Å². The van der Waals surface area contributed by atoms with Gasteiger partial charge in [0.25, 0.3) is 0 Å². The molecule has 0 radical (unpaired) electrons. The lowest BCUT2D eigenvalue weighted by Gasteiger charge is -2.21. The minimum atomic E-state index is -1.02. The first-order valence-electron chi connectivity index (χ1n) is 6.51. The third-order valence-electron chi connectivity index (χ3n) is 3.59. The van der Waals surface area contributed by atoms with Gasteiger partial charge in [-0.1, -0.05) is 13.3 Å². The molecule has 98 valence electrons. The van der Waals surface area contributed by atoms with Crippen LogP contribution in [0.1, 0.15) is 43.1 Å². The Hall–Kier alpha value is -1.65. The van der Waals surface area contributed by atoms with Gasteiger partial charge in [-0.25, -0.2) is 9.78 Å². The van der Waals surface area contributed by atoms with Crippen LogP contribution in [0.4, 0.5) is 5.82 Å². The molecule has 1 aliphatic heterocycles. The largest absolute Gasteiger partial charge is 0.476 e. The van der Waals surface area contributed by atoms with E-state index in [2.05, 4.69) is 21.8 Å². The van der Waals surface area contributed by atoms with Crippen LogP contribution < -0.4 is 4.90 Å². The maximum Gasteiger partial charge on any atom is 0.356 e. The lowest BCUT2D eigenvalue weighted by molar-refractivity contribution is 0.0690.